The van der Waals surface area contributed by atoms with Gasteiger partial charge in [-0.1, -0.05) is 71.4 Å². The Hall–Kier alpha value is -2.15. The van der Waals surface area contributed by atoms with Crippen molar-refractivity contribution in [2.45, 2.75) is 6.61 Å². The Balaban J connectivity index is 1.79. The summed E-state index contributed by atoms with van der Waals surface area (Å²) in [6.45, 7) is 0.367. The molecule has 2 rings (SSSR count). The predicted octanol–water partition coefficient (Wildman–Crippen LogP) is 4.27. The van der Waals surface area contributed by atoms with Crippen molar-refractivity contribution in [2.24, 2.45) is 0 Å². The second-order valence-corrected chi connectivity index (χ2v) is 5.13. The average molecular weight is 334 g/mol. The molecule has 1 amide bonds. The molecule has 0 spiro atoms. The normalized spacial score (nSPS) is 9.55. The van der Waals surface area contributed by atoms with Crippen LogP contribution in [0.4, 0.5) is 4.79 Å². The van der Waals surface area contributed by atoms with Gasteiger partial charge in [0.15, 0.2) is 0 Å². The van der Waals surface area contributed by atoms with E-state index >= 15 is 0 Å². The van der Waals surface area contributed by atoms with Gasteiger partial charge in [-0.3, -0.25) is 0 Å². The van der Waals surface area contributed by atoms with E-state index in [1.54, 1.807) is 18.2 Å². The molecule has 2 aromatic carbocycles. The van der Waals surface area contributed by atoms with Crippen molar-refractivity contribution >= 4 is 29.3 Å². The number of hydrogen-bond donors (Lipinski definition) is 1. The molecule has 0 heterocycles. The summed E-state index contributed by atoms with van der Waals surface area (Å²) in [6, 6.07) is 14.6. The number of carbonyl (C=O) groups excluding carboxylic acids is 1. The van der Waals surface area contributed by atoms with E-state index in [1.807, 2.05) is 30.3 Å². The molecule has 22 heavy (non-hydrogen) atoms. The van der Waals surface area contributed by atoms with E-state index in [0.29, 0.717) is 15.6 Å². The summed E-state index contributed by atoms with van der Waals surface area (Å²) < 4.78 is 5.06. The molecule has 0 aliphatic heterocycles. The van der Waals surface area contributed by atoms with E-state index in [2.05, 4.69) is 17.2 Å². The fourth-order valence-corrected chi connectivity index (χ4v) is 2.13. The highest BCUT2D eigenvalue weighted by Gasteiger charge is 2.02. The van der Waals surface area contributed by atoms with Crippen molar-refractivity contribution in [1.82, 2.24) is 5.32 Å². The van der Waals surface area contributed by atoms with Gasteiger partial charge in [-0.25, -0.2) is 4.79 Å². The van der Waals surface area contributed by atoms with E-state index in [0.717, 1.165) is 5.56 Å². The number of benzene rings is 2. The lowest BCUT2D eigenvalue weighted by Crippen LogP contribution is -2.24. The van der Waals surface area contributed by atoms with Gasteiger partial charge in [0.2, 0.25) is 0 Å². The van der Waals surface area contributed by atoms with Crippen LogP contribution in [0.3, 0.4) is 0 Å². The third-order valence-corrected chi connectivity index (χ3v) is 3.34. The lowest BCUT2D eigenvalue weighted by Gasteiger charge is -2.04. The van der Waals surface area contributed by atoms with E-state index in [4.69, 9.17) is 27.9 Å². The topological polar surface area (TPSA) is 38.3 Å². The summed E-state index contributed by atoms with van der Waals surface area (Å²) in [4.78, 5) is 11.5. The minimum atomic E-state index is -0.525. The van der Waals surface area contributed by atoms with Crippen LogP contribution in [-0.4, -0.2) is 12.6 Å². The molecule has 0 radical (unpaired) electrons. The molecule has 0 aliphatic carbocycles. The Morgan fingerprint density at radius 1 is 1.05 bits per heavy atom. The smallest absolute Gasteiger partial charge is 0.408 e. The van der Waals surface area contributed by atoms with Gasteiger partial charge in [-0.15, -0.1) is 0 Å². The average Bonchev–Trinajstić information content (AvgIpc) is 2.53. The summed E-state index contributed by atoms with van der Waals surface area (Å²) in [5, 5.41) is 3.50. The van der Waals surface area contributed by atoms with Crippen LogP contribution in [0.15, 0.2) is 48.5 Å². The Labute approximate surface area is 139 Å². The zero-order valence-corrected chi connectivity index (χ0v) is 13.1. The second kappa shape index (κ2) is 8.33. The number of nitrogens with one attached hydrogen (secondary N) is 1. The number of amides is 1. The van der Waals surface area contributed by atoms with Crippen molar-refractivity contribution < 1.29 is 9.53 Å². The van der Waals surface area contributed by atoms with Crippen LogP contribution < -0.4 is 5.32 Å². The molecule has 0 atom stereocenters. The number of hydrogen-bond acceptors (Lipinski definition) is 2. The third-order valence-electron chi connectivity index (χ3n) is 2.71. The van der Waals surface area contributed by atoms with E-state index in [-0.39, 0.29) is 13.2 Å². The molecule has 5 heteroatoms. The minimum Gasteiger partial charge on any atom is -0.445 e. The first-order valence-electron chi connectivity index (χ1n) is 6.54. The van der Waals surface area contributed by atoms with Gasteiger partial charge in [0.25, 0.3) is 0 Å². The van der Waals surface area contributed by atoms with Gasteiger partial charge in [-0.2, -0.15) is 0 Å². The maximum Gasteiger partial charge on any atom is 0.408 e. The molecule has 112 valence electrons. The quantitative estimate of drug-likeness (QED) is 0.851. The van der Waals surface area contributed by atoms with Gasteiger partial charge in [-0.05, 0) is 17.7 Å². The number of alkyl carbamates (subject to hydrolysis) is 1. The van der Waals surface area contributed by atoms with Crippen LogP contribution in [0, 0.1) is 11.8 Å². The van der Waals surface area contributed by atoms with Crippen molar-refractivity contribution in [3.05, 3.63) is 69.7 Å². The lowest BCUT2D eigenvalue weighted by molar-refractivity contribution is 0.141. The molecule has 0 aromatic heterocycles. The van der Waals surface area contributed by atoms with E-state index in [9.17, 15) is 4.79 Å². The monoisotopic (exact) mass is 333 g/mol. The Kier molecular flexibility index (Phi) is 6.14. The fraction of sp³-hybridized carbons (Fsp3) is 0.118. The molecule has 2 aromatic rings. The van der Waals surface area contributed by atoms with Crippen molar-refractivity contribution in [3.63, 3.8) is 0 Å². The highest BCUT2D eigenvalue weighted by molar-refractivity contribution is 6.36. The molecule has 0 saturated carbocycles. The van der Waals surface area contributed by atoms with Crippen LogP contribution in [0.25, 0.3) is 0 Å². The van der Waals surface area contributed by atoms with Gasteiger partial charge in [0, 0.05) is 0 Å². The molecule has 0 fully saturated rings. The maximum absolute atomic E-state index is 11.5. The minimum absolute atomic E-state index is 0.148. The first kappa shape index (κ1) is 16.2. The summed E-state index contributed by atoms with van der Waals surface area (Å²) in [5.74, 6) is 5.61. The highest BCUT2D eigenvalue weighted by Crippen LogP contribution is 2.22. The zero-order chi connectivity index (χ0) is 15.8. The Morgan fingerprint density at radius 2 is 1.73 bits per heavy atom. The fourth-order valence-electron chi connectivity index (χ4n) is 1.64. The maximum atomic E-state index is 11.5. The van der Waals surface area contributed by atoms with E-state index in [1.165, 1.54) is 0 Å². The predicted molar refractivity (Wildman–Crippen MR) is 88.0 cm³/mol. The Bertz CT molecular complexity index is 685. The molecular weight excluding hydrogens is 321 g/mol. The standard InChI is InChI=1S/C17H13Cl2NO2/c18-15-9-4-10-16(19)14(15)8-5-11-20-17(21)22-12-13-6-2-1-3-7-13/h1-4,6-7,9-10H,11-12H2,(H,20,21). The van der Waals surface area contributed by atoms with Crippen LogP contribution >= 0.6 is 23.2 Å². The van der Waals surface area contributed by atoms with Crippen LogP contribution in [0.5, 0.6) is 0 Å². The summed E-state index contributed by atoms with van der Waals surface area (Å²) in [7, 11) is 0. The van der Waals surface area contributed by atoms with Crippen LogP contribution in [-0.2, 0) is 11.3 Å². The largest absolute Gasteiger partial charge is 0.445 e. The summed E-state index contributed by atoms with van der Waals surface area (Å²) in [5.41, 5.74) is 1.47. The summed E-state index contributed by atoms with van der Waals surface area (Å²) >= 11 is 12.0. The van der Waals surface area contributed by atoms with Crippen molar-refractivity contribution in [2.75, 3.05) is 6.54 Å². The van der Waals surface area contributed by atoms with Gasteiger partial charge in [0.1, 0.15) is 6.61 Å². The zero-order valence-electron chi connectivity index (χ0n) is 11.6. The van der Waals surface area contributed by atoms with Crippen LogP contribution in [0.1, 0.15) is 11.1 Å². The molecular formula is C17H13Cl2NO2. The summed E-state index contributed by atoms with van der Waals surface area (Å²) in [6.07, 6.45) is -0.525. The number of ether oxygens (including phenoxy) is 1. The Morgan fingerprint density at radius 3 is 2.41 bits per heavy atom. The number of carbonyl (C=O) groups is 1. The third kappa shape index (κ3) is 5.00. The second-order valence-electron chi connectivity index (χ2n) is 4.31. The molecule has 3 nitrogen and oxygen atoms in total. The molecule has 0 aliphatic rings. The lowest BCUT2D eigenvalue weighted by atomic mass is 10.2. The molecule has 0 saturated heterocycles. The van der Waals surface area contributed by atoms with Gasteiger partial charge in [0.05, 0.1) is 22.2 Å². The number of rotatable bonds is 3. The molecule has 0 unspecified atom stereocenters. The number of halogens is 2. The first-order chi connectivity index (χ1) is 10.7. The van der Waals surface area contributed by atoms with Crippen molar-refractivity contribution in [3.8, 4) is 11.8 Å². The SMILES string of the molecule is O=C(NCC#Cc1c(Cl)cccc1Cl)OCc1ccccc1. The highest BCUT2D eigenvalue weighted by atomic mass is 35.5. The van der Waals surface area contributed by atoms with Crippen molar-refractivity contribution in [1.29, 1.82) is 0 Å². The van der Waals surface area contributed by atoms with E-state index < -0.39 is 6.09 Å². The van der Waals surface area contributed by atoms with Gasteiger partial charge >= 0.3 is 6.09 Å². The van der Waals surface area contributed by atoms with Gasteiger partial charge < -0.3 is 10.1 Å². The molecule has 0 bridgehead atoms. The first-order valence-corrected chi connectivity index (χ1v) is 7.30. The molecule has 1 N–H and O–H groups in total. The van der Waals surface area contributed by atoms with Crippen LogP contribution in [0.2, 0.25) is 10.0 Å².